The van der Waals surface area contributed by atoms with Crippen molar-refractivity contribution in [1.82, 2.24) is 0 Å². The molecule has 0 amide bonds. The smallest absolute Gasteiger partial charge is 0.206 e. The van der Waals surface area contributed by atoms with Crippen molar-refractivity contribution in [2.45, 2.75) is 45.6 Å². The van der Waals surface area contributed by atoms with Gasteiger partial charge in [0.1, 0.15) is 0 Å². The minimum absolute atomic E-state index is 0.221. The van der Waals surface area contributed by atoms with E-state index in [9.17, 15) is 16.8 Å². The van der Waals surface area contributed by atoms with Crippen LogP contribution in [0.2, 0.25) is 0 Å². The lowest BCUT2D eigenvalue weighted by molar-refractivity contribution is 0.583. The maximum atomic E-state index is 14.1. The van der Waals surface area contributed by atoms with Crippen LogP contribution in [0.15, 0.2) is 148 Å². The lowest BCUT2D eigenvalue weighted by Crippen LogP contribution is -2.32. The molecular weight excluding hydrogens is 597 g/mol. The Kier molecular flexibility index (Phi) is 6.06. The van der Waals surface area contributed by atoms with Gasteiger partial charge in [0.25, 0.3) is 0 Å². The highest BCUT2D eigenvalue weighted by molar-refractivity contribution is 7.92. The van der Waals surface area contributed by atoms with E-state index >= 15 is 0 Å². The number of allylic oxidation sites excluding steroid dienone is 3. The first-order valence-electron chi connectivity index (χ1n) is 15.0. The topological polar surface area (TPSA) is 68.3 Å². The Labute approximate surface area is 264 Å². The number of hydrogen-bond acceptors (Lipinski definition) is 4. The molecule has 5 aromatic carbocycles. The van der Waals surface area contributed by atoms with Crippen LogP contribution < -0.4 is 0 Å². The molecule has 4 nitrogen and oxygen atoms in total. The summed E-state index contributed by atoms with van der Waals surface area (Å²) >= 11 is 0. The SMILES string of the molecule is Cc1ccc(S(=O)(=O)c2ccc3c(c2)C2(C4=C(C=CC(S(=O)(=O)c5ccc(C)cc5)C4)c4ccccc42)c2ccccc2-3)cc1. The molecule has 0 fully saturated rings. The van der Waals surface area contributed by atoms with E-state index in [1.165, 1.54) is 0 Å². The van der Waals surface area contributed by atoms with Crippen LogP contribution in [0.1, 0.15) is 39.8 Å². The van der Waals surface area contributed by atoms with Gasteiger partial charge in [-0.15, -0.1) is 0 Å². The van der Waals surface area contributed by atoms with Crippen LogP contribution in [0.5, 0.6) is 0 Å². The van der Waals surface area contributed by atoms with Crippen LogP contribution in [-0.2, 0) is 25.1 Å². The summed E-state index contributed by atoms with van der Waals surface area (Å²) in [6.45, 7) is 3.87. The zero-order valence-electron chi connectivity index (χ0n) is 24.9. The van der Waals surface area contributed by atoms with Crippen molar-refractivity contribution in [3.05, 3.63) is 166 Å². The van der Waals surface area contributed by atoms with Gasteiger partial charge in [-0.2, -0.15) is 0 Å². The van der Waals surface area contributed by atoms with Crippen molar-refractivity contribution >= 4 is 25.2 Å². The van der Waals surface area contributed by atoms with Crippen LogP contribution >= 0.6 is 0 Å². The fraction of sp³-hybridized carbons (Fsp3) is 0.128. The van der Waals surface area contributed by atoms with Gasteiger partial charge in [0.15, 0.2) is 9.84 Å². The normalized spacial score (nSPS) is 19.7. The van der Waals surface area contributed by atoms with Gasteiger partial charge in [0.05, 0.1) is 25.4 Å². The molecule has 0 aliphatic heterocycles. The number of hydrogen-bond donors (Lipinski definition) is 0. The average molecular weight is 627 g/mol. The second kappa shape index (κ2) is 9.74. The molecule has 0 saturated heterocycles. The quantitative estimate of drug-likeness (QED) is 0.203. The third-order valence-corrected chi connectivity index (χ3v) is 13.5. The number of sulfone groups is 2. The van der Waals surface area contributed by atoms with Gasteiger partial charge in [0.2, 0.25) is 9.84 Å². The summed E-state index contributed by atoms with van der Waals surface area (Å²) in [5, 5.41) is -0.763. The van der Waals surface area contributed by atoms with Gasteiger partial charge in [-0.25, -0.2) is 16.8 Å². The predicted octanol–water partition coefficient (Wildman–Crippen LogP) is 8.02. The molecular formula is C39H30O4S2. The second-order valence-electron chi connectivity index (χ2n) is 12.2. The summed E-state index contributed by atoms with van der Waals surface area (Å²) in [7, 11) is -7.51. The van der Waals surface area contributed by atoms with Gasteiger partial charge >= 0.3 is 0 Å². The number of rotatable bonds is 4. The molecule has 0 N–H and O–H groups in total. The Hall–Kier alpha value is -4.52. The van der Waals surface area contributed by atoms with Crippen molar-refractivity contribution in [2.24, 2.45) is 0 Å². The number of benzene rings is 5. The van der Waals surface area contributed by atoms with Crippen LogP contribution in [0.25, 0.3) is 16.7 Å². The monoisotopic (exact) mass is 626 g/mol. The third kappa shape index (κ3) is 3.88. The molecule has 3 aliphatic rings. The Bertz CT molecular complexity index is 2330. The van der Waals surface area contributed by atoms with Gasteiger partial charge in [0, 0.05) is 0 Å². The summed E-state index contributed by atoms with van der Waals surface area (Å²) in [4.78, 5) is 0.767. The lowest BCUT2D eigenvalue weighted by Gasteiger charge is -2.35. The molecule has 2 atom stereocenters. The zero-order valence-corrected chi connectivity index (χ0v) is 26.5. The molecule has 222 valence electrons. The largest absolute Gasteiger partial charge is 0.223 e. The summed E-state index contributed by atoms with van der Waals surface area (Å²) in [6, 6.07) is 35.8. The Morgan fingerprint density at radius 2 is 1.11 bits per heavy atom. The molecule has 5 aromatic rings. The van der Waals surface area contributed by atoms with E-state index in [1.807, 2.05) is 86.7 Å². The fourth-order valence-corrected chi connectivity index (χ4v) is 10.3. The molecule has 0 bridgehead atoms. The first kappa shape index (κ1) is 28.0. The van der Waals surface area contributed by atoms with Crippen LogP contribution in [0, 0.1) is 13.8 Å². The van der Waals surface area contributed by atoms with E-state index in [1.54, 1.807) is 30.3 Å². The molecule has 3 aliphatic carbocycles. The van der Waals surface area contributed by atoms with Gasteiger partial charge in [-0.3, -0.25) is 0 Å². The predicted molar refractivity (Wildman–Crippen MR) is 178 cm³/mol. The van der Waals surface area contributed by atoms with Crippen molar-refractivity contribution in [3.8, 4) is 11.1 Å². The maximum Gasteiger partial charge on any atom is 0.206 e. The third-order valence-electron chi connectivity index (χ3n) is 9.69. The standard InChI is InChI=1S/C39H30O4S2/c1-25-11-15-27(16-12-25)44(40,41)29-19-21-33-31-7-3-5-9-35(31)39(37(33)23-29)36-10-6-4-8-32(36)34-22-20-30(24-38(34)39)45(42,43)28-17-13-26(2)14-18-28/h3-23,30H,24H2,1-2H3. The molecule has 1 spiro atoms. The molecule has 2 unspecified atom stereocenters. The van der Waals surface area contributed by atoms with E-state index in [0.717, 1.165) is 55.7 Å². The molecule has 0 aromatic heterocycles. The summed E-state index contributed by atoms with van der Waals surface area (Å²) in [5.41, 5.74) is 9.15. The highest BCUT2D eigenvalue weighted by Crippen LogP contribution is 2.64. The molecule has 0 saturated carbocycles. The van der Waals surface area contributed by atoms with Crippen molar-refractivity contribution in [2.75, 3.05) is 0 Å². The Balaban J connectivity index is 1.37. The summed E-state index contributed by atoms with van der Waals surface area (Å²) < 4.78 is 56.2. The second-order valence-corrected chi connectivity index (χ2v) is 16.3. The molecule has 6 heteroatoms. The maximum absolute atomic E-state index is 14.1. The zero-order chi connectivity index (χ0) is 31.1. The number of aryl methyl sites for hydroxylation is 2. The van der Waals surface area contributed by atoms with Gasteiger partial charge in [-0.05, 0) is 101 Å². The highest BCUT2D eigenvalue weighted by atomic mass is 32.2. The van der Waals surface area contributed by atoms with E-state index < -0.39 is 30.3 Å². The molecule has 45 heavy (non-hydrogen) atoms. The van der Waals surface area contributed by atoms with Crippen LogP contribution in [0.3, 0.4) is 0 Å². The highest BCUT2D eigenvalue weighted by Gasteiger charge is 2.54. The first-order chi connectivity index (χ1) is 21.6. The fourth-order valence-electron chi connectivity index (χ4n) is 7.51. The molecule has 0 heterocycles. The van der Waals surface area contributed by atoms with E-state index in [-0.39, 0.29) is 9.79 Å². The molecule has 8 rings (SSSR count). The van der Waals surface area contributed by atoms with E-state index in [4.69, 9.17) is 0 Å². The van der Waals surface area contributed by atoms with E-state index in [0.29, 0.717) is 11.3 Å². The lowest BCUT2D eigenvalue weighted by atomic mass is 9.68. The summed E-state index contributed by atoms with van der Waals surface area (Å²) in [6.07, 6.45) is 4.08. The Morgan fingerprint density at radius 1 is 0.578 bits per heavy atom. The molecule has 0 radical (unpaired) electrons. The minimum Gasteiger partial charge on any atom is -0.223 e. The number of fused-ring (bicyclic) bond motifs is 9. The van der Waals surface area contributed by atoms with Gasteiger partial charge < -0.3 is 0 Å². The van der Waals surface area contributed by atoms with Crippen LogP contribution in [-0.4, -0.2) is 22.1 Å². The van der Waals surface area contributed by atoms with Crippen molar-refractivity contribution in [1.29, 1.82) is 0 Å². The summed E-state index contributed by atoms with van der Waals surface area (Å²) in [5.74, 6) is 0. The van der Waals surface area contributed by atoms with Gasteiger partial charge in [-0.1, -0.05) is 102 Å². The Morgan fingerprint density at radius 3 is 1.78 bits per heavy atom. The van der Waals surface area contributed by atoms with E-state index in [2.05, 4.69) is 24.3 Å². The first-order valence-corrected chi connectivity index (χ1v) is 18.0. The minimum atomic E-state index is -3.82. The van der Waals surface area contributed by atoms with Crippen molar-refractivity contribution in [3.63, 3.8) is 0 Å². The average Bonchev–Trinajstić information content (AvgIpc) is 3.52. The van der Waals surface area contributed by atoms with Crippen molar-refractivity contribution < 1.29 is 16.8 Å². The van der Waals surface area contributed by atoms with Crippen LogP contribution in [0.4, 0.5) is 0 Å².